The van der Waals surface area contributed by atoms with Crippen molar-refractivity contribution in [3.63, 3.8) is 0 Å². The van der Waals surface area contributed by atoms with Crippen LogP contribution in [0.2, 0.25) is 0 Å². The van der Waals surface area contributed by atoms with Crippen LogP contribution in [0.5, 0.6) is 0 Å². The fourth-order valence-corrected chi connectivity index (χ4v) is 2.82. The van der Waals surface area contributed by atoms with Crippen molar-refractivity contribution in [1.82, 2.24) is 10.2 Å². The third-order valence-corrected chi connectivity index (χ3v) is 4.22. The van der Waals surface area contributed by atoms with Gasteiger partial charge in [0.1, 0.15) is 11.8 Å². The number of imide groups is 1. The smallest absolute Gasteiger partial charge is 0.324 e. The zero-order valence-corrected chi connectivity index (χ0v) is 12.1. The minimum Gasteiger partial charge on any atom is -0.379 e. The summed E-state index contributed by atoms with van der Waals surface area (Å²) in [5, 5.41) is 2.34. The number of nitrogens with one attached hydrogen (secondary N) is 1. The predicted octanol–water partition coefficient (Wildman–Crippen LogP) is 1.09. The van der Waals surface area contributed by atoms with Crippen LogP contribution < -0.4 is 5.32 Å². The normalized spacial score (nSPS) is 26.0. The number of rotatable bonds is 5. The van der Waals surface area contributed by atoms with Crippen molar-refractivity contribution >= 4 is 17.7 Å². The molecule has 1 heterocycles. The van der Waals surface area contributed by atoms with Gasteiger partial charge in [-0.15, -0.1) is 0 Å². The van der Waals surface area contributed by atoms with Gasteiger partial charge in [0.2, 0.25) is 0 Å². The third kappa shape index (κ3) is 3.17. The largest absolute Gasteiger partial charge is 0.379 e. The third-order valence-electron chi connectivity index (χ3n) is 4.22. The van der Waals surface area contributed by atoms with E-state index in [9.17, 15) is 14.4 Å². The fraction of sp³-hybridized carbons (Fsp3) is 0.786. The Hall–Kier alpha value is -1.43. The Morgan fingerprint density at radius 3 is 2.55 bits per heavy atom. The van der Waals surface area contributed by atoms with Crippen LogP contribution in [0.25, 0.3) is 0 Å². The Labute approximate surface area is 118 Å². The van der Waals surface area contributed by atoms with E-state index in [1.54, 1.807) is 4.90 Å². The van der Waals surface area contributed by atoms with Crippen molar-refractivity contribution in [3.05, 3.63) is 0 Å². The molecule has 2 fully saturated rings. The molecule has 2 aliphatic rings. The second kappa shape index (κ2) is 5.91. The van der Waals surface area contributed by atoms with E-state index >= 15 is 0 Å². The minimum atomic E-state index is -0.545. The molecule has 1 aliphatic heterocycles. The molecule has 3 amide bonds. The van der Waals surface area contributed by atoms with Crippen molar-refractivity contribution in [2.45, 2.75) is 45.6 Å². The van der Waals surface area contributed by atoms with E-state index in [0.29, 0.717) is 26.0 Å². The molecular formula is C14H22N2O4. The van der Waals surface area contributed by atoms with Gasteiger partial charge < -0.3 is 9.64 Å². The number of carbonyl (C=O) groups is 3. The van der Waals surface area contributed by atoms with Crippen LogP contribution >= 0.6 is 0 Å². The van der Waals surface area contributed by atoms with Crippen molar-refractivity contribution in [1.29, 1.82) is 0 Å². The first kappa shape index (κ1) is 15.0. The van der Waals surface area contributed by atoms with E-state index in [0.717, 1.165) is 12.8 Å². The molecule has 20 heavy (non-hydrogen) atoms. The molecular weight excluding hydrogens is 260 g/mol. The number of urea groups is 1. The second-order valence-corrected chi connectivity index (χ2v) is 5.95. The average molecular weight is 282 g/mol. The highest BCUT2D eigenvalue weighted by Gasteiger charge is 2.42. The Morgan fingerprint density at radius 1 is 1.30 bits per heavy atom. The van der Waals surface area contributed by atoms with Crippen molar-refractivity contribution in [2.75, 3.05) is 19.8 Å². The molecule has 112 valence electrons. The lowest BCUT2D eigenvalue weighted by Gasteiger charge is -2.37. The number of amides is 3. The van der Waals surface area contributed by atoms with Crippen LogP contribution in [0, 0.1) is 5.41 Å². The number of nitrogens with zero attached hydrogens (tertiary/aromatic N) is 1. The van der Waals surface area contributed by atoms with E-state index < -0.39 is 6.04 Å². The summed E-state index contributed by atoms with van der Waals surface area (Å²) in [6, 6.07) is -0.894. The topological polar surface area (TPSA) is 75.7 Å². The lowest BCUT2D eigenvalue weighted by atomic mass is 9.75. The summed E-state index contributed by atoms with van der Waals surface area (Å²) in [6.07, 6.45) is 2.67. The van der Waals surface area contributed by atoms with E-state index in [4.69, 9.17) is 4.74 Å². The molecule has 0 aromatic carbocycles. The molecule has 6 heteroatoms. The van der Waals surface area contributed by atoms with Crippen LogP contribution in [0.15, 0.2) is 0 Å². The Balaban J connectivity index is 2.03. The molecule has 2 rings (SSSR count). The summed E-state index contributed by atoms with van der Waals surface area (Å²) < 4.78 is 5.30. The number of hydrogen-bond donors (Lipinski definition) is 1. The summed E-state index contributed by atoms with van der Waals surface area (Å²) >= 11 is 0. The summed E-state index contributed by atoms with van der Waals surface area (Å²) in [7, 11) is 0. The van der Waals surface area contributed by atoms with Crippen LogP contribution in [-0.4, -0.2) is 48.4 Å². The highest BCUT2D eigenvalue weighted by atomic mass is 16.5. The molecule has 0 bridgehead atoms. The van der Waals surface area contributed by atoms with Crippen LogP contribution in [0.4, 0.5) is 4.79 Å². The average Bonchev–Trinajstić information content (AvgIpc) is 2.66. The number of hydrogen-bond acceptors (Lipinski definition) is 4. The summed E-state index contributed by atoms with van der Waals surface area (Å²) in [6.45, 7) is 5.16. The van der Waals surface area contributed by atoms with Gasteiger partial charge in [0, 0.05) is 26.0 Å². The van der Waals surface area contributed by atoms with Crippen LogP contribution in [0.3, 0.4) is 0 Å². The maximum Gasteiger partial charge on any atom is 0.324 e. The molecule has 0 radical (unpaired) electrons. The van der Waals surface area contributed by atoms with Crippen molar-refractivity contribution in [3.8, 4) is 0 Å². The summed E-state index contributed by atoms with van der Waals surface area (Å²) in [4.78, 5) is 36.6. The zero-order valence-electron chi connectivity index (χ0n) is 12.1. The summed E-state index contributed by atoms with van der Waals surface area (Å²) in [5.41, 5.74) is -0.0969. The standard InChI is InChI=1S/C14H22N2O4/c1-3-20-8-11-12(18)15-13(19)16(11)9-14(2)6-4-10(17)5-7-14/h11H,3-9H2,1-2H3,(H,15,18,19). The number of carbonyl (C=O) groups excluding carboxylic acids is 3. The molecule has 1 N–H and O–H groups in total. The van der Waals surface area contributed by atoms with Gasteiger partial charge in [0.05, 0.1) is 6.61 Å². The van der Waals surface area contributed by atoms with E-state index in [2.05, 4.69) is 12.2 Å². The van der Waals surface area contributed by atoms with E-state index in [-0.39, 0.29) is 29.7 Å². The van der Waals surface area contributed by atoms with Gasteiger partial charge in [-0.05, 0) is 25.2 Å². The highest BCUT2D eigenvalue weighted by molar-refractivity contribution is 6.04. The van der Waals surface area contributed by atoms with Crippen molar-refractivity contribution in [2.24, 2.45) is 5.41 Å². The molecule has 0 aromatic heterocycles. The van der Waals surface area contributed by atoms with E-state index in [1.807, 2.05) is 6.92 Å². The van der Waals surface area contributed by atoms with Crippen molar-refractivity contribution < 1.29 is 19.1 Å². The van der Waals surface area contributed by atoms with Gasteiger partial charge in [0.15, 0.2) is 0 Å². The lowest BCUT2D eigenvalue weighted by Crippen LogP contribution is -2.45. The van der Waals surface area contributed by atoms with Crippen LogP contribution in [-0.2, 0) is 14.3 Å². The van der Waals surface area contributed by atoms with Gasteiger partial charge in [-0.2, -0.15) is 0 Å². The second-order valence-electron chi connectivity index (χ2n) is 5.95. The van der Waals surface area contributed by atoms with Gasteiger partial charge in [-0.25, -0.2) is 4.79 Å². The van der Waals surface area contributed by atoms with Gasteiger partial charge in [-0.3, -0.25) is 14.9 Å². The molecule has 1 saturated heterocycles. The first-order valence-electron chi connectivity index (χ1n) is 7.16. The highest BCUT2D eigenvalue weighted by Crippen LogP contribution is 2.36. The zero-order chi connectivity index (χ0) is 14.8. The van der Waals surface area contributed by atoms with Crippen LogP contribution in [0.1, 0.15) is 39.5 Å². The molecule has 1 saturated carbocycles. The fourth-order valence-electron chi connectivity index (χ4n) is 2.82. The Bertz CT molecular complexity index is 411. The first-order valence-corrected chi connectivity index (χ1v) is 7.16. The Morgan fingerprint density at radius 2 is 1.95 bits per heavy atom. The molecule has 0 aromatic rings. The number of ketones is 1. The maximum atomic E-state index is 11.9. The minimum absolute atomic E-state index is 0.0969. The SMILES string of the molecule is CCOCC1C(=O)NC(=O)N1CC1(C)CCC(=O)CC1. The molecule has 1 unspecified atom stereocenters. The summed E-state index contributed by atoms with van der Waals surface area (Å²) in [5.74, 6) is -0.00535. The van der Waals surface area contributed by atoms with Gasteiger partial charge >= 0.3 is 6.03 Å². The first-order chi connectivity index (χ1) is 9.45. The lowest BCUT2D eigenvalue weighted by molar-refractivity contribution is -0.125. The monoisotopic (exact) mass is 282 g/mol. The van der Waals surface area contributed by atoms with E-state index in [1.165, 1.54) is 0 Å². The predicted molar refractivity (Wildman–Crippen MR) is 72.1 cm³/mol. The maximum absolute atomic E-state index is 11.9. The Kier molecular flexibility index (Phi) is 4.42. The molecule has 1 aliphatic carbocycles. The molecule has 6 nitrogen and oxygen atoms in total. The molecule has 1 atom stereocenters. The number of ether oxygens (including phenoxy) is 1. The molecule has 0 spiro atoms. The number of Topliss-reactive ketones (excluding diaryl/α,β-unsaturated/α-hetero) is 1. The van der Waals surface area contributed by atoms with Gasteiger partial charge in [-0.1, -0.05) is 6.92 Å². The van der Waals surface area contributed by atoms with Gasteiger partial charge in [0.25, 0.3) is 5.91 Å². The quantitative estimate of drug-likeness (QED) is 0.766.